The van der Waals surface area contributed by atoms with Gasteiger partial charge in [0.05, 0.1) is 18.5 Å². The molecule has 1 saturated heterocycles. The number of fused-ring (bicyclic) bond motifs is 3. The van der Waals surface area contributed by atoms with Gasteiger partial charge < -0.3 is 4.74 Å². The predicted octanol–water partition coefficient (Wildman–Crippen LogP) is 4.32. The summed E-state index contributed by atoms with van der Waals surface area (Å²) in [4.78, 5) is 23.4. The maximum absolute atomic E-state index is 13.6. The molecule has 2 aromatic heterocycles. The highest BCUT2D eigenvalue weighted by Gasteiger charge is 2.23. The van der Waals surface area contributed by atoms with Gasteiger partial charge in [-0.1, -0.05) is 12.1 Å². The highest BCUT2D eigenvalue weighted by molar-refractivity contribution is 7.18. The summed E-state index contributed by atoms with van der Waals surface area (Å²) in [6.07, 6.45) is 6.96. The lowest BCUT2D eigenvalue weighted by atomic mass is 9.97. The molecule has 1 aliphatic carbocycles. The summed E-state index contributed by atoms with van der Waals surface area (Å²) >= 11 is 1.74. The van der Waals surface area contributed by atoms with Crippen LogP contribution in [-0.2, 0) is 25.9 Å². The van der Waals surface area contributed by atoms with Gasteiger partial charge in [-0.05, 0) is 81.8 Å². The Kier molecular flexibility index (Phi) is 5.61. The van der Waals surface area contributed by atoms with Crippen LogP contribution in [0, 0.1) is 6.92 Å². The van der Waals surface area contributed by atoms with E-state index >= 15 is 0 Å². The lowest BCUT2D eigenvalue weighted by Gasteiger charge is -2.19. The molecule has 0 amide bonds. The monoisotopic (exact) mass is 423 g/mol. The molecule has 1 aromatic carbocycles. The van der Waals surface area contributed by atoms with Crippen LogP contribution < -0.4 is 10.3 Å². The lowest BCUT2D eigenvalue weighted by Crippen LogP contribution is -2.31. The first-order valence-electron chi connectivity index (χ1n) is 11.1. The van der Waals surface area contributed by atoms with Crippen molar-refractivity contribution in [3.05, 3.63) is 56.4 Å². The van der Waals surface area contributed by atoms with Crippen molar-refractivity contribution in [2.75, 3.05) is 19.7 Å². The molecular formula is C24H29N3O2S. The Morgan fingerprint density at radius 3 is 2.80 bits per heavy atom. The number of hydrogen-bond acceptors (Lipinski definition) is 5. The topological polar surface area (TPSA) is 47.4 Å². The van der Waals surface area contributed by atoms with E-state index in [1.54, 1.807) is 11.3 Å². The first kappa shape index (κ1) is 19.8. The fraction of sp³-hybridized carbons (Fsp3) is 0.500. The molecule has 5 rings (SSSR count). The van der Waals surface area contributed by atoms with Gasteiger partial charge in [0, 0.05) is 4.88 Å². The van der Waals surface area contributed by atoms with Gasteiger partial charge in [-0.3, -0.25) is 14.3 Å². The van der Waals surface area contributed by atoms with Crippen molar-refractivity contribution in [2.45, 2.75) is 58.5 Å². The Morgan fingerprint density at radius 1 is 1.13 bits per heavy atom. The lowest BCUT2D eigenvalue weighted by molar-refractivity contribution is 0.279. The number of aryl methyl sites for hydroxylation is 3. The van der Waals surface area contributed by atoms with E-state index < -0.39 is 0 Å². The molecule has 1 aliphatic heterocycles. The second-order valence-corrected chi connectivity index (χ2v) is 9.61. The smallest absolute Gasteiger partial charge is 0.262 e. The first-order chi connectivity index (χ1) is 14.7. The van der Waals surface area contributed by atoms with Crippen LogP contribution >= 0.6 is 11.3 Å². The van der Waals surface area contributed by atoms with Crippen molar-refractivity contribution in [1.29, 1.82) is 0 Å². The van der Waals surface area contributed by atoms with Crippen LogP contribution in [0.2, 0.25) is 0 Å². The molecule has 0 spiro atoms. The molecular weight excluding hydrogens is 394 g/mol. The molecule has 0 atom stereocenters. The van der Waals surface area contributed by atoms with E-state index in [4.69, 9.17) is 9.72 Å². The van der Waals surface area contributed by atoms with E-state index in [2.05, 4.69) is 17.9 Å². The first-order valence-corrected chi connectivity index (χ1v) is 12.0. The summed E-state index contributed by atoms with van der Waals surface area (Å²) in [5.41, 5.74) is 2.56. The van der Waals surface area contributed by atoms with Crippen LogP contribution in [0.5, 0.6) is 5.75 Å². The molecule has 2 aliphatic rings. The Morgan fingerprint density at radius 2 is 1.97 bits per heavy atom. The number of rotatable bonds is 6. The highest BCUT2D eigenvalue weighted by atomic mass is 32.1. The summed E-state index contributed by atoms with van der Waals surface area (Å²) in [6, 6.07) is 8.06. The fourth-order valence-electron chi connectivity index (χ4n) is 4.73. The minimum Gasteiger partial charge on any atom is -0.492 e. The molecule has 6 heteroatoms. The maximum atomic E-state index is 13.6. The zero-order valence-corrected chi connectivity index (χ0v) is 18.5. The summed E-state index contributed by atoms with van der Waals surface area (Å²) < 4.78 is 7.87. The molecule has 0 bridgehead atoms. The van der Waals surface area contributed by atoms with Gasteiger partial charge in [0.15, 0.2) is 0 Å². The molecule has 0 N–H and O–H groups in total. The van der Waals surface area contributed by atoms with Crippen LogP contribution in [0.3, 0.4) is 0 Å². The third-order valence-electron chi connectivity index (χ3n) is 6.29. The van der Waals surface area contributed by atoms with Crippen molar-refractivity contribution in [2.24, 2.45) is 0 Å². The number of aromatic nitrogens is 2. The normalized spacial score (nSPS) is 16.8. The Balaban J connectivity index is 1.48. The quantitative estimate of drug-likeness (QED) is 0.592. The van der Waals surface area contributed by atoms with Gasteiger partial charge in [-0.15, -0.1) is 11.3 Å². The number of likely N-dealkylation sites (tertiary alicyclic amines) is 1. The third-order valence-corrected chi connectivity index (χ3v) is 7.48. The molecule has 3 aromatic rings. The van der Waals surface area contributed by atoms with E-state index in [1.165, 1.54) is 41.7 Å². The predicted molar refractivity (Wildman–Crippen MR) is 122 cm³/mol. The van der Waals surface area contributed by atoms with Crippen LogP contribution in [0.4, 0.5) is 0 Å². The van der Waals surface area contributed by atoms with E-state index in [0.29, 0.717) is 13.2 Å². The van der Waals surface area contributed by atoms with Crippen LogP contribution in [-0.4, -0.2) is 34.1 Å². The van der Waals surface area contributed by atoms with Crippen molar-refractivity contribution in [3.8, 4) is 5.75 Å². The highest BCUT2D eigenvalue weighted by Crippen LogP contribution is 2.34. The number of hydrogen-bond donors (Lipinski definition) is 0. The standard InChI is InChI=1S/C24H29N3O2S/c1-17-7-6-8-18(15-17)29-14-13-27-21(16-26-11-4-5-12-26)25-23-22(24(27)28)19-9-2-3-10-20(19)30-23/h6-8,15H,2-5,9-14,16H2,1H3. The van der Waals surface area contributed by atoms with Gasteiger partial charge >= 0.3 is 0 Å². The van der Waals surface area contributed by atoms with Gasteiger partial charge in [-0.2, -0.15) is 0 Å². The molecule has 1 fully saturated rings. The van der Waals surface area contributed by atoms with Crippen molar-refractivity contribution in [3.63, 3.8) is 0 Å². The van der Waals surface area contributed by atoms with E-state index in [0.717, 1.165) is 54.3 Å². The average Bonchev–Trinajstić information content (AvgIpc) is 3.37. The van der Waals surface area contributed by atoms with Crippen LogP contribution in [0.1, 0.15) is 47.5 Å². The molecule has 5 nitrogen and oxygen atoms in total. The molecule has 158 valence electrons. The zero-order chi connectivity index (χ0) is 20.5. The molecule has 0 unspecified atom stereocenters. The maximum Gasteiger partial charge on any atom is 0.262 e. The van der Waals surface area contributed by atoms with Crippen molar-refractivity contribution < 1.29 is 4.74 Å². The number of thiophene rings is 1. The third kappa shape index (κ3) is 3.91. The van der Waals surface area contributed by atoms with Gasteiger partial charge in [0.2, 0.25) is 0 Å². The molecule has 3 heterocycles. The Hall–Kier alpha value is -2.18. The molecule has 30 heavy (non-hydrogen) atoms. The fourth-order valence-corrected chi connectivity index (χ4v) is 6.00. The second kappa shape index (κ2) is 8.52. The van der Waals surface area contributed by atoms with E-state index in [9.17, 15) is 4.79 Å². The van der Waals surface area contributed by atoms with Crippen molar-refractivity contribution in [1.82, 2.24) is 14.5 Å². The number of nitrogens with zero attached hydrogens (tertiary/aromatic N) is 3. The molecule has 0 saturated carbocycles. The summed E-state index contributed by atoms with van der Waals surface area (Å²) in [6.45, 7) is 5.99. The summed E-state index contributed by atoms with van der Waals surface area (Å²) in [5, 5.41) is 0.871. The zero-order valence-electron chi connectivity index (χ0n) is 17.7. The van der Waals surface area contributed by atoms with Crippen LogP contribution in [0.25, 0.3) is 10.2 Å². The minimum absolute atomic E-state index is 0.126. The molecule has 0 radical (unpaired) electrons. The summed E-state index contributed by atoms with van der Waals surface area (Å²) in [5.74, 6) is 1.74. The second-order valence-electron chi connectivity index (χ2n) is 8.52. The Bertz CT molecular complexity index is 1110. The van der Waals surface area contributed by atoms with E-state index in [1.807, 2.05) is 22.8 Å². The Labute approximate surface area is 181 Å². The van der Waals surface area contributed by atoms with Crippen molar-refractivity contribution >= 4 is 21.6 Å². The largest absolute Gasteiger partial charge is 0.492 e. The number of ether oxygens (including phenoxy) is 1. The minimum atomic E-state index is 0.126. The van der Waals surface area contributed by atoms with E-state index in [-0.39, 0.29) is 5.56 Å². The van der Waals surface area contributed by atoms with Gasteiger partial charge in [0.1, 0.15) is 23.0 Å². The number of benzene rings is 1. The van der Waals surface area contributed by atoms with Gasteiger partial charge in [0.25, 0.3) is 5.56 Å². The SMILES string of the molecule is Cc1cccc(OCCn2c(CN3CCCC3)nc3sc4c(c3c2=O)CCCC4)c1. The van der Waals surface area contributed by atoms with Crippen LogP contribution in [0.15, 0.2) is 29.1 Å². The average molecular weight is 424 g/mol. The summed E-state index contributed by atoms with van der Waals surface area (Å²) in [7, 11) is 0. The van der Waals surface area contributed by atoms with Gasteiger partial charge in [-0.25, -0.2) is 4.98 Å².